The van der Waals surface area contributed by atoms with Crippen LogP contribution in [0.5, 0.6) is 0 Å². The van der Waals surface area contributed by atoms with Gasteiger partial charge < -0.3 is 15.5 Å². The molecule has 0 bridgehead atoms. The molecule has 0 atom stereocenters. The fourth-order valence-corrected chi connectivity index (χ4v) is 4.55. The normalized spacial score (nSPS) is 18.7. The van der Waals surface area contributed by atoms with E-state index in [9.17, 15) is 31.5 Å². The molecular formula is C24H32F5N3O2. The average molecular weight is 490 g/mol. The molecule has 2 N–H and O–H groups in total. The highest BCUT2D eigenvalue weighted by Gasteiger charge is 2.35. The molecule has 0 unspecified atom stereocenters. The molecular weight excluding hydrogens is 457 g/mol. The number of benzene rings is 1. The van der Waals surface area contributed by atoms with Crippen molar-refractivity contribution in [2.75, 3.05) is 26.2 Å². The standard InChI is InChI=1S/C24H32F5N3O2/c1-23(25,26)18-11-17(12-19(13-18)24(27,28)29)22(34)31-14-16-7-9-32(10-8-16)21(33)15-30-20-5-3-2-4-6-20/h11-13,16,20,30H,2-10,14-15H2,1H3,(H,31,34). The van der Waals surface area contributed by atoms with E-state index in [1.807, 2.05) is 0 Å². The van der Waals surface area contributed by atoms with E-state index in [1.54, 1.807) is 4.90 Å². The SMILES string of the molecule is CC(F)(F)c1cc(C(=O)NCC2CCN(C(=O)CNC3CCCCC3)CC2)cc(C(F)(F)F)c1. The summed E-state index contributed by atoms with van der Waals surface area (Å²) in [5.41, 5.74) is -2.60. The van der Waals surface area contributed by atoms with Crippen LogP contribution in [0.25, 0.3) is 0 Å². The molecule has 0 aromatic heterocycles. The highest BCUT2D eigenvalue weighted by molar-refractivity contribution is 5.94. The minimum Gasteiger partial charge on any atom is -0.352 e. The first-order chi connectivity index (χ1) is 15.9. The van der Waals surface area contributed by atoms with Gasteiger partial charge in [-0.05, 0) is 49.8 Å². The number of hydrogen-bond donors (Lipinski definition) is 2. The van der Waals surface area contributed by atoms with Gasteiger partial charge in [-0.3, -0.25) is 9.59 Å². The van der Waals surface area contributed by atoms with Gasteiger partial charge in [0.15, 0.2) is 0 Å². The minimum atomic E-state index is -4.85. The van der Waals surface area contributed by atoms with Gasteiger partial charge in [-0.25, -0.2) is 8.78 Å². The number of piperidine rings is 1. The molecule has 5 nitrogen and oxygen atoms in total. The van der Waals surface area contributed by atoms with E-state index >= 15 is 0 Å². The zero-order valence-electron chi connectivity index (χ0n) is 19.3. The Morgan fingerprint density at radius 2 is 1.56 bits per heavy atom. The maximum atomic E-state index is 13.7. The van der Waals surface area contributed by atoms with Crippen LogP contribution in [-0.4, -0.2) is 48.9 Å². The molecule has 190 valence electrons. The fourth-order valence-electron chi connectivity index (χ4n) is 4.55. The van der Waals surface area contributed by atoms with Crippen LogP contribution in [0.4, 0.5) is 22.0 Å². The molecule has 1 aliphatic carbocycles. The quantitative estimate of drug-likeness (QED) is 0.546. The van der Waals surface area contributed by atoms with Crippen LogP contribution in [-0.2, 0) is 16.9 Å². The molecule has 2 aliphatic rings. The van der Waals surface area contributed by atoms with E-state index in [2.05, 4.69) is 10.6 Å². The molecule has 0 radical (unpaired) electrons. The van der Waals surface area contributed by atoms with Crippen molar-refractivity contribution in [3.05, 3.63) is 34.9 Å². The lowest BCUT2D eigenvalue weighted by molar-refractivity contribution is -0.137. The molecule has 2 fully saturated rings. The number of amides is 2. The summed E-state index contributed by atoms with van der Waals surface area (Å²) in [6, 6.07) is 2.15. The van der Waals surface area contributed by atoms with Gasteiger partial charge >= 0.3 is 6.18 Å². The monoisotopic (exact) mass is 489 g/mol. The van der Waals surface area contributed by atoms with Crippen LogP contribution >= 0.6 is 0 Å². The predicted octanol–water partition coefficient (Wildman–Crippen LogP) is 4.71. The summed E-state index contributed by atoms with van der Waals surface area (Å²) in [5.74, 6) is -4.24. The first-order valence-electron chi connectivity index (χ1n) is 11.8. The van der Waals surface area contributed by atoms with Gasteiger partial charge in [-0.1, -0.05) is 19.3 Å². The molecule has 2 amide bonds. The van der Waals surface area contributed by atoms with E-state index in [4.69, 9.17) is 0 Å². The average Bonchev–Trinajstić information content (AvgIpc) is 2.80. The number of nitrogens with zero attached hydrogens (tertiary/aromatic N) is 1. The van der Waals surface area contributed by atoms with E-state index in [0.29, 0.717) is 57.6 Å². The summed E-state index contributed by atoms with van der Waals surface area (Å²) in [6.45, 7) is 2.09. The molecule has 1 aliphatic heterocycles. The Morgan fingerprint density at radius 1 is 0.941 bits per heavy atom. The highest BCUT2D eigenvalue weighted by atomic mass is 19.4. The van der Waals surface area contributed by atoms with E-state index in [1.165, 1.54) is 19.3 Å². The lowest BCUT2D eigenvalue weighted by Gasteiger charge is -2.33. The molecule has 1 heterocycles. The van der Waals surface area contributed by atoms with Gasteiger partial charge in [0.25, 0.3) is 11.8 Å². The Kier molecular flexibility index (Phi) is 8.54. The van der Waals surface area contributed by atoms with Crippen molar-refractivity contribution in [3.8, 4) is 0 Å². The number of rotatable bonds is 7. The second-order valence-corrected chi connectivity index (χ2v) is 9.44. The maximum Gasteiger partial charge on any atom is 0.416 e. The summed E-state index contributed by atoms with van der Waals surface area (Å²) in [4.78, 5) is 26.7. The van der Waals surface area contributed by atoms with Crippen LogP contribution in [0.1, 0.15) is 73.4 Å². The number of halogens is 5. The fraction of sp³-hybridized carbons (Fsp3) is 0.667. The number of alkyl halides is 5. The maximum absolute atomic E-state index is 13.7. The Balaban J connectivity index is 1.49. The topological polar surface area (TPSA) is 61.4 Å². The van der Waals surface area contributed by atoms with Crippen LogP contribution < -0.4 is 10.6 Å². The van der Waals surface area contributed by atoms with Gasteiger partial charge in [0.2, 0.25) is 5.91 Å². The number of likely N-dealkylation sites (tertiary alicyclic amines) is 1. The second-order valence-electron chi connectivity index (χ2n) is 9.44. The highest BCUT2D eigenvalue weighted by Crippen LogP contribution is 2.35. The van der Waals surface area contributed by atoms with Crippen molar-refractivity contribution in [3.63, 3.8) is 0 Å². The summed E-state index contributed by atoms with van der Waals surface area (Å²) >= 11 is 0. The lowest BCUT2D eigenvalue weighted by Crippen LogP contribution is -2.46. The summed E-state index contributed by atoms with van der Waals surface area (Å²) < 4.78 is 66.7. The van der Waals surface area contributed by atoms with Gasteiger partial charge in [0.1, 0.15) is 0 Å². The molecule has 0 spiro atoms. The first kappa shape index (κ1) is 26.4. The Hall–Kier alpha value is -2.23. The van der Waals surface area contributed by atoms with Crippen molar-refractivity contribution in [2.24, 2.45) is 5.92 Å². The third-order valence-corrected chi connectivity index (χ3v) is 6.70. The van der Waals surface area contributed by atoms with E-state index in [-0.39, 0.29) is 18.4 Å². The van der Waals surface area contributed by atoms with Crippen LogP contribution in [0.3, 0.4) is 0 Å². The number of carbonyl (C=O) groups is 2. The number of hydrogen-bond acceptors (Lipinski definition) is 3. The van der Waals surface area contributed by atoms with Crippen molar-refractivity contribution in [1.82, 2.24) is 15.5 Å². The molecule has 10 heteroatoms. The number of carbonyl (C=O) groups excluding carboxylic acids is 2. The summed E-state index contributed by atoms with van der Waals surface area (Å²) in [5, 5.41) is 5.91. The smallest absolute Gasteiger partial charge is 0.352 e. The minimum absolute atomic E-state index is 0.0463. The van der Waals surface area contributed by atoms with Gasteiger partial charge in [0.05, 0.1) is 12.1 Å². The third kappa shape index (κ3) is 7.38. The van der Waals surface area contributed by atoms with Crippen molar-refractivity contribution in [2.45, 2.75) is 70.0 Å². The van der Waals surface area contributed by atoms with Crippen LogP contribution in [0, 0.1) is 5.92 Å². The van der Waals surface area contributed by atoms with Crippen LogP contribution in [0.15, 0.2) is 18.2 Å². The Morgan fingerprint density at radius 3 is 2.15 bits per heavy atom. The first-order valence-corrected chi connectivity index (χ1v) is 11.8. The van der Waals surface area contributed by atoms with Gasteiger partial charge in [-0.2, -0.15) is 13.2 Å². The van der Waals surface area contributed by atoms with Gasteiger partial charge in [0, 0.05) is 43.7 Å². The van der Waals surface area contributed by atoms with E-state index < -0.39 is 34.7 Å². The van der Waals surface area contributed by atoms with Crippen molar-refractivity contribution in [1.29, 1.82) is 0 Å². The molecule has 1 aromatic rings. The van der Waals surface area contributed by atoms with Crippen molar-refractivity contribution < 1.29 is 31.5 Å². The second kappa shape index (κ2) is 11.0. The van der Waals surface area contributed by atoms with Crippen LogP contribution in [0.2, 0.25) is 0 Å². The molecule has 1 aromatic carbocycles. The predicted molar refractivity (Wildman–Crippen MR) is 118 cm³/mol. The number of nitrogens with one attached hydrogen (secondary N) is 2. The Bertz CT molecular complexity index is 823. The zero-order chi connectivity index (χ0) is 24.9. The summed E-state index contributed by atoms with van der Waals surface area (Å²) in [7, 11) is 0. The molecule has 1 saturated carbocycles. The molecule has 34 heavy (non-hydrogen) atoms. The lowest BCUT2D eigenvalue weighted by atomic mass is 9.95. The Labute approximate surface area is 196 Å². The summed E-state index contributed by atoms with van der Waals surface area (Å²) in [6.07, 6.45) is 2.26. The van der Waals surface area contributed by atoms with E-state index in [0.717, 1.165) is 18.9 Å². The molecule has 3 rings (SSSR count). The molecule has 1 saturated heterocycles. The van der Waals surface area contributed by atoms with Gasteiger partial charge in [-0.15, -0.1) is 0 Å². The third-order valence-electron chi connectivity index (χ3n) is 6.70. The largest absolute Gasteiger partial charge is 0.416 e. The van der Waals surface area contributed by atoms with Crippen molar-refractivity contribution >= 4 is 11.8 Å². The zero-order valence-corrected chi connectivity index (χ0v) is 19.3.